The lowest BCUT2D eigenvalue weighted by Crippen LogP contribution is -2.40. The quantitative estimate of drug-likeness (QED) is 0.840. The number of nitrogens with zero attached hydrogens (tertiary/aromatic N) is 4. The molecule has 1 aromatic carbocycles. The number of aromatic nitrogens is 3. The van der Waals surface area contributed by atoms with Crippen LogP contribution in [0.5, 0.6) is 0 Å². The first-order chi connectivity index (χ1) is 11.4. The van der Waals surface area contributed by atoms with Gasteiger partial charge in [0.05, 0.1) is 25.7 Å². The van der Waals surface area contributed by atoms with Gasteiger partial charge in [0.15, 0.2) is 11.6 Å². The van der Waals surface area contributed by atoms with Crippen molar-refractivity contribution >= 4 is 5.91 Å². The lowest BCUT2D eigenvalue weighted by molar-refractivity contribution is -0.130. The molecule has 6 nitrogen and oxygen atoms in total. The summed E-state index contributed by atoms with van der Waals surface area (Å²) in [5.41, 5.74) is -1.37. The van der Waals surface area contributed by atoms with Crippen molar-refractivity contribution in [2.45, 2.75) is 25.0 Å². The minimum atomic E-state index is -1.30. The zero-order valence-corrected chi connectivity index (χ0v) is 12.6. The van der Waals surface area contributed by atoms with E-state index in [0.717, 1.165) is 0 Å². The predicted molar refractivity (Wildman–Crippen MR) is 76.2 cm³/mol. The van der Waals surface area contributed by atoms with Gasteiger partial charge in [-0.25, -0.2) is 17.9 Å². The molecule has 9 heteroatoms. The molecule has 2 aromatic rings. The third kappa shape index (κ3) is 3.40. The standard InChI is InChI=1S/C15H15F3N4O2/c16-11-7-13(18)12(17)5-10(11)6-14(23)21-3-1-15(24,8-21)9-22-4-2-19-20-22/h2,4-5,7,24H,1,3,6,8-9H2. The molecule has 1 aliphatic rings. The Morgan fingerprint density at radius 1 is 1.25 bits per heavy atom. The van der Waals surface area contributed by atoms with Gasteiger partial charge in [0.1, 0.15) is 11.4 Å². The Bertz CT molecular complexity index is 753. The van der Waals surface area contributed by atoms with Gasteiger partial charge in [0, 0.05) is 24.4 Å². The molecule has 3 rings (SSSR count). The van der Waals surface area contributed by atoms with Crippen molar-refractivity contribution in [3.05, 3.63) is 47.5 Å². The van der Waals surface area contributed by atoms with Crippen molar-refractivity contribution in [2.24, 2.45) is 0 Å². The summed E-state index contributed by atoms with van der Waals surface area (Å²) in [5.74, 6) is -3.94. The monoisotopic (exact) mass is 340 g/mol. The van der Waals surface area contributed by atoms with E-state index in [1.54, 1.807) is 6.20 Å². The van der Waals surface area contributed by atoms with Crippen LogP contribution in [-0.2, 0) is 17.8 Å². The molecule has 24 heavy (non-hydrogen) atoms. The Morgan fingerprint density at radius 2 is 2.00 bits per heavy atom. The second-order valence-electron chi connectivity index (χ2n) is 5.92. The second-order valence-corrected chi connectivity index (χ2v) is 5.92. The summed E-state index contributed by atoms with van der Waals surface area (Å²) in [6.07, 6.45) is 3.01. The number of β-amino-alcohol motifs (C(OH)–C–C–N with tert-alkyl or cyclic N) is 1. The lowest BCUT2D eigenvalue weighted by Gasteiger charge is -2.23. The molecule has 0 saturated carbocycles. The normalized spacial score (nSPS) is 20.6. The first-order valence-electron chi connectivity index (χ1n) is 7.34. The maximum absolute atomic E-state index is 13.6. The van der Waals surface area contributed by atoms with Crippen LogP contribution in [0.15, 0.2) is 24.5 Å². The minimum Gasteiger partial charge on any atom is -0.386 e. The van der Waals surface area contributed by atoms with Gasteiger partial charge < -0.3 is 10.0 Å². The number of carbonyl (C=O) groups excluding carboxylic acids is 1. The van der Waals surface area contributed by atoms with Crippen LogP contribution in [-0.4, -0.2) is 49.6 Å². The van der Waals surface area contributed by atoms with E-state index in [2.05, 4.69) is 10.3 Å². The fourth-order valence-corrected chi connectivity index (χ4v) is 2.79. The number of halogens is 3. The number of benzene rings is 1. The lowest BCUT2D eigenvalue weighted by atomic mass is 10.0. The largest absolute Gasteiger partial charge is 0.386 e. The molecule has 1 saturated heterocycles. The van der Waals surface area contributed by atoms with Gasteiger partial charge in [-0.2, -0.15) is 0 Å². The summed E-state index contributed by atoms with van der Waals surface area (Å²) < 4.78 is 41.2. The minimum absolute atomic E-state index is 0.0526. The fourth-order valence-electron chi connectivity index (χ4n) is 2.79. The first kappa shape index (κ1) is 16.4. The Labute approximate surface area is 135 Å². The van der Waals surface area contributed by atoms with E-state index in [1.807, 2.05) is 0 Å². The second kappa shape index (κ2) is 6.23. The third-order valence-electron chi connectivity index (χ3n) is 4.04. The van der Waals surface area contributed by atoms with Gasteiger partial charge >= 0.3 is 0 Å². The van der Waals surface area contributed by atoms with Crippen molar-refractivity contribution in [1.29, 1.82) is 0 Å². The predicted octanol–water partition coefficient (Wildman–Crippen LogP) is 0.902. The number of amides is 1. The highest BCUT2D eigenvalue weighted by molar-refractivity contribution is 5.79. The van der Waals surface area contributed by atoms with Crippen LogP contribution in [0.2, 0.25) is 0 Å². The highest BCUT2D eigenvalue weighted by Crippen LogP contribution is 2.24. The van der Waals surface area contributed by atoms with Crippen LogP contribution in [0.25, 0.3) is 0 Å². The van der Waals surface area contributed by atoms with Crippen LogP contribution in [0.4, 0.5) is 13.2 Å². The summed E-state index contributed by atoms with van der Waals surface area (Å²) >= 11 is 0. The van der Waals surface area contributed by atoms with Gasteiger partial charge in [0.2, 0.25) is 5.91 Å². The van der Waals surface area contributed by atoms with E-state index in [4.69, 9.17) is 0 Å². The number of hydrogen-bond donors (Lipinski definition) is 1. The highest BCUT2D eigenvalue weighted by atomic mass is 19.2. The number of aliphatic hydroxyl groups is 1. The smallest absolute Gasteiger partial charge is 0.227 e. The van der Waals surface area contributed by atoms with E-state index in [-0.39, 0.29) is 25.2 Å². The Balaban J connectivity index is 1.65. The van der Waals surface area contributed by atoms with Crippen LogP contribution >= 0.6 is 0 Å². The zero-order valence-electron chi connectivity index (χ0n) is 12.6. The molecule has 0 spiro atoms. The third-order valence-corrected chi connectivity index (χ3v) is 4.04. The van der Waals surface area contributed by atoms with Crippen molar-refractivity contribution in [3.63, 3.8) is 0 Å². The zero-order chi connectivity index (χ0) is 17.3. The summed E-state index contributed by atoms with van der Waals surface area (Å²) in [6, 6.07) is 1.10. The molecule has 1 N–H and O–H groups in total. The summed E-state index contributed by atoms with van der Waals surface area (Å²) in [6.45, 7) is 0.517. The SMILES string of the molecule is O=C(Cc1cc(F)c(F)cc1F)N1CCC(O)(Cn2ccnn2)C1. The molecule has 1 amide bonds. The molecular weight excluding hydrogens is 325 g/mol. The Hall–Kier alpha value is -2.42. The maximum Gasteiger partial charge on any atom is 0.227 e. The van der Waals surface area contributed by atoms with Crippen LogP contribution in [0.1, 0.15) is 12.0 Å². The van der Waals surface area contributed by atoms with E-state index in [1.165, 1.54) is 15.8 Å². The number of carbonyl (C=O) groups is 1. The molecular formula is C15H15F3N4O2. The molecule has 128 valence electrons. The molecule has 1 unspecified atom stereocenters. The Kier molecular flexibility index (Phi) is 4.27. The van der Waals surface area contributed by atoms with Gasteiger partial charge in [0.25, 0.3) is 0 Å². The summed E-state index contributed by atoms with van der Waals surface area (Å²) in [4.78, 5) is 13.6. The van der Waals surface area contributed by atoms with E-state index < -0.39 is 35.4 Å². The van der Waals surface area contributed by atoms with Crippen LogP contribution in [0, 0.1) is 17.5 Å². The molecule has 0 bridgehead atoms. The molecule has 1 aromatic heterocycles. The number of likely N-dealkylation sites (tertiary alicyclic amines) is 1. The molecule has 0 aliphatic carbocycles. The number of hydrogen-bond acceptors (Lipinski definition) is 4. The fraction of sp³-hybridized carbons (Fsp3) is 0.400. The molecule has 2 heterocycles. The van der Waals surface area contributed by atoms with E-state index >= 15 is 0 Å². The summed E-state index contributed by atoms with van der Waals surface area (Å²) in [7, 11) is 0. The van der Waals surface area contributed by atoms with Crippen molar-refractivity contribution < 1.29 is 23.1 Å². The topological polar surface area (TPSA) is 71.2 Å². The van der Waals surface area contributed by atoms with Gasteiger partial charge in [-0.15, -0.1) is 5.10 Å². The molecule has 0 radical (unpaired) electrons. The van der Waals surface area contributed by atoms with Crippen LogP contribution < -0.4 is 0 Å². The first-order valence-corrected chi connectivity index (χ1v) is 7.34. The van der Waals surface area contributed by atoms with Gasteiger partial charge in [-0.3, -0.25) is 4.79 Å². The highest BCUT2D eigenvalue weighted by Gasteiger charge is 2.38. The van der Waals surface area contributed by atoms with E-state index in [0.29, 0.717) is 18.6 Å². The van der Waals surface area contributed by atoms with Gasteiger partial charge in [-0.1, -0.05) is 5.21 Å². The average molecular weight is 340 g/mol. The molecule has 1 atom stereocenters. The average Bonchev–Trinajstić information content (AvgIpc) is 3.15. The molecule has 1 fully saturated rings. The van der Waals surface area contributed by atoms with E-state index in [9.17, 15) is 23.1 Å². The maximum atomic E-state index is 13.6. The molecule has 1 aliphatic heterocycles. The van der Waals surface area contributed by atoms with Crippen molar-refractivity contribution in [2.75, 3.05) is 13.1 Å². The Morgan fingerprint density at radius 3 is 2.71 bits per heavy atom. The van der Waals surface area contributed by atoms with Crippen LogP contribution in [0.3, 0.4) is 0 Å². The van der Waals surface area contributed by atoms with Crippen molar-refractivity contribution in [3.8, 4) is 0 Å². The van der Waals surface area contributed by atoms with Gasteiger partial charge in [-0.05, 0) is 12.5 Å². The summed E-state index contributed by atoms with van der Waals surface area (Å²) in [5, 5.41) is 17.9. The van der Waals surface area contributed by atoms with Crippen molar-refractivity contribution in [1.82, 2.24) is 19.9 Å². The number of rotatable bonds is 4.